The zero-order valence-corrected chi connectivity index (χ0v) is 10.5. The number of imide groups is 1. The minimum absolute atomic E-state index is 0.0647. The van der Waals surface area contributed by atoms with E-state index in [1.165, 1.54) is 4.90 Å². The summed E-state index contributed by atoms with van der Waals surface area (Å²) in [7, 11) is 0. The number of rotatable bonds is 4. The maximum absolute atomic E-state index is 11.9. The van der Waals surface area contributed by atoms with E-state index in [9.17, 15) is 9.59 Å². The lowest BCUT2D eigenvalue weighted by Gasteiger charge is -2.38. The average Bonchev–Trinajstić information content (AvgIpc) is 2.13. The fourth-order valence-electron chi connectivity index (χ4n) is 2.28. The van der Waals surface area contributed by atoms with Gasteiger partial charge in [0.05, 0.1) is 6.04 Å². The van der Waals surface area contributed by atoms with E-state index in [4.69, 9.17) is 5.73 Å². The van der Waals surface area contributed by atoms with E-state index in [0.29, 0.717) is 19.4 Å². The molecule has 0 saturated carbocycles. The molecule has 1 saturated heterocycles. The molecule has 1 atom stereocenters. The number of carbonyl (C=O) groups is 2. The van der Waals surface area contributed by atoms with Crippen molar-refractivity contribution in [2.75, 3.05) is 6.54 Å². The number of likely N-dealkylation sites (tertiary alicyclic amines) is 1. The Bertz CT molecular complexity index is 267. The van der Waals surface area contributed by atoms with Crippen LogP contribution in [-0.4, -0.2) is 29.3 Å². The quantitative estimate of drug-likeness (QED) is 0.735. The van der Waals surface area contributed by atoms with Crippen LogP contribution in [0.5, 0.6) is 0 Å². The highest BCUT2D eigenvalue weighted by atomic mass is 16.2. The van der Waals surface area contributed by atoms with E-state index in [1.807, 2.05) is 20.8 Å². The molecule has 92 valence electrons. The Morgan fingerprint density at radius 1 is 1.31 bits per heavy atom. The molecule has 4 heteroatoms. The summed E-state index contributed by atoms with van der Waals surface area (Å²) in [6, 6.07) is -0.110. The topological polar surface area (TPSA) is 63.4 Å². The van der Waals surface area contributed by atoms with Crippen molar-refractivity contribution in [2.45, 2.75) is 52.5 Å². The third-order valence-electron chi connectivity index (χ3n) is 3.06. The van der Waals surface area contributed by atoms with Gasteiger partial charge in [0.15, 0.2) is 0 Å². The minimum Gasteiger partial charge on any atom is -0.328 e. The predicted octanol–water partition coefficient (Wildman–Crippen LogP) is 1.29. The lowest BCUT2D eigenvalue weighted by Crippen LogP contribution is -2.53. The summed E-state index contributed by atoms with van der Waals surface area (Å²) < 4.78 is 0. The van der Waals surface area contributed by atoms with Crippen LogP contribution in [0.25, 0.3) is 0 Å². The molecule has 0 aromatic heterocycles. The third kappa shape index (κ3) is 2.82. The zero-order valence-electron chi connectivity index (χ0n) is 10.5. The van der Waals surface area contributed by atoms with E-state index in [1.54, 1.807) is 0 Å². The maximum Gasteiger partial charge on any atom is 0.230 e. The number of carbonyl (C=O) groups excluding carboxylic acids is 2. The zero-order chi connectivity index (χ0) is 12.3. The predicted molar refractivity (Wildman–Crippen MR) is 62.6 cm³/mol. The molecule has 16 heavy (non-hydrogen) atoms. The number of hydrogen-bond acceptors (Lipinski definition) is 3. The van der Waals surface area contributed by atoms with Crippen LogP contribution in [0, 0.1) is 5.41 Å². The molecular formula is C12H22N2O2. The molecule has 2 amide bonds. The van der Waals surface area contributed by atoms with Crippen LogP contribution in [0.2, 0.25) is 0 Å². The molecule has 1 aliphatic heterocycles. The molecular weight excluding hydrogens is 204 g/mol. The van der Waals surface area contributed by atoms with Gasteiger partial charge in [-0.2, -0.15) is 0 Å². The highest BCUT2D eigenvalue weighted by molar-refractivity contribution is 5.98. The Morgan fingerprint density at radius 3 is 2.19 bits per heavy atom. The van der Waals surface area contributed by atoms with Gasteiger partial charge in [-0.15, -0.1) is 0 Å². The fourth-order valence-corrected chi connectivity index (χ4v) is 2.28. The second-order valence-electron chi connectivity index (χ2n) is 5.35. The highest BCUT2D eigenvalue weighted by Gasteiger charge is 2.39. The van der Waals surface area contributed by atoms with Gasteiger partial charge in [-0.1, -0.05) is 27.2 Å². The van der Waals surface area contributed by atoms with E-state index in [0.717, 1.165) is 12.8 Å². The molecule has 1 rings (SSSR count). The molecule has 0 aromatic rings. The molecule has 1 fully saturated rings. The highest BCUT2D eigenvalue weighted by Crippen LogP contribution is 2.32. The van der Waals surface area contributed by atoms with Crippen molar-refractivity contribution in [1.29, 1.82) is 0 Å². The number of nitrogens with zero attached hydrogens (tertiary/aromatic N) is 1. The summed E-state index contributed by atoms with van der Waals surface area (Å²) in [5.41, 5.74) is 5.44. The Balaban J connectivity index is 2.80. The summed E-state index contributed by atoms with van der Waals surface area (Å²) in [6.45, 7) is 6.31. The van der Waals surface area contributed by atoms with Crippen LogP contribution in [0.1, 0.15) is 46.5 Å². The van der Waals surface area contributed by atoms with Crippen molar-refractivity contribution in [2.24, 2.45) is 11.1 Å². The van der Waals surface area contributed by atoms with Crippen LogP contribution < -0.4 is 5.73 Å². The SMILES string of the molecule is CCCC(CN)N1C(=O)CC(C)(C)CC1=O. The summed E-state index contributed by atoms with van der Waals surface area (Å²) in [5.74, 6) is -0.129. The van der Waals surface area contributed by atoms with Gasteiger partial charge in [-0.3, -0.25) is 14.5 Å². The number of piperidine rings is 1. The molecule has 0 radical (unpaired) electrons. The van der Waals surface area contributed by atoms with E-state index < -0.39 is 0 Å². The second-order valence-corrected chi connectivity index (χ2v) is 5.35. The van der Waals surface area contributed by atoms with Crippen LogP contribution in [0.4, 0.5) is 0 Å². The van der Waals surface area contributed by atoms with Crippen molar-refractivity contribution in [3.8, 4) is 0 Å². The van der Waals surface area contributed by atoms with Crippen molar-refractivity contribution in [3.05, 3.63) is 0 Å². The lowest BCUT2D eigenvalue weighted by molar-refractivity contribution is -0.155. The number of hydrogen-bond donors (Lipinski definition) is 1. The van der Waals surface area contributed by atoms with Gasteiger partial charge >= 0.3 is 0 Å². The van der Waals surface area contributed by atoms with Crippen LogP contribution in [-0.2, 0) is 9.59 Å². The first-order chi connectivity index (χ1) is 7.41. The molecule has 2 N–H and O–H groups in total. The first-order valence-corrected chi connectivity index (χ1v) is 5.96. The van der Waals surface area contributed by atoms with Crippen molar-refractivity contribution in [3.63, 3.8) is 0 Å². The van der Waals surface area contributed by atoms with Gasteiger partial charge in [0.1, 0.15) is 0 Å². The maximum atomic E-state index is 11.9. The first-order valence-electron chi connectivity index (χ1n) is 5.96. The fraction of sp³-hybridized carbons (Fsp3) is 0.833. The van der Waals surface area contributed by atoms with Crippen LogP contribution >= 0.6 is 0 Å². The Morgan fingerprint density at radius 2 is 1.81 bits per heavy atom. The first kappa shape index (κ1) is 13.2. The van der Waals surface area contributed by atoms with Crippen LogP contribution in [0.15, 0.2) is 0 Å². The summed E-state index contributed by atoms with van der Waals surface area (Å²) in [5, 5.41) is 0. The van der Waals surface area contributed by atoms with Crippen molar-refractivity contribution >= 4 is 11.8 Å². The van der Waals surface area contributed by atoms with Gasteiger partial charge in [-0.05, 0) is 11.8 Å². The summed E-state index contributed by atoms with van der Waals surface area (Å²) in [4.78, 5) is 25.3. The molecule has 0 spiro atoms. The normalized spacial score (nSPS) is 22.4. The van der Waals surface area contributed by atoms with Crippen LogP contribution in [0.3, 0.4) is 0 Å². The smallest absolute Gasteiger partial charge is 0.230 e. The van der Waals surface area contributed by atoms with Crippen molar-refractivity contribution < 1.29 is 9.59 Å². The standard InChI is InChI=1S/C12H22N2O2/c1-4-5-9(8-13)14-10(15)6-12(2,3)7-11(14)16/h9H,4-8,13H2,1-3H3. The monoisotopic (exact) mass is 226 g/mol. The molecule has 1 aliphatic rings. The molecule has 0 bridgehead atoms. The van der Waals surface area contributed by atoms with Gasteiger partial charge < -0.3 is 5.73 Å². The van der Waals surface area contributed by atoms with E-state index >= 15 is 0 Å². The number of nitrogens with two attached hydrogens (primary N) is 1. The van der Waals surface area contributed by atoms with Gasteiger partial charge in [-0.25, -0.2) is 0 Å². The molecule has 0 aliphatic carbocycles. The summed E-state index contributed by atoms with van der Waals surface area (Å²) in [6.07, 6.45) is 2.62. The van der Waals surface area contributed by atoms with Gasteiger partial charge in [0.2, 0.25) is 11.8 Å². The lowest BCUT2D eigenvalue weighted by atomic mass is 9.81. The average molecular weight is 226 g/mol. The largest absolute Gasteiger partial charge is 0.328 e. The van der Waals surface area contributed by atoms with Gasteiger partial charge in [0, 0.05) is 19.4 Å². The van der Waals surface area contributed by atoms with E-state index in [2.05, 4.69) is 0 Å². The molecule has 1 heterocycles. The number of amides is 2. The Labute approximate surface area is 97.2 Å². The van der Waals surface area contributed by atoms with Gasteiger partial charge in [0.25, 0.3) is 0 Å². The minimum atomic E-state index is -0.198. The molecule has 4 nitrogen and oxygen atoms in total. The molecule has 0 aromatic carbocycles. The Kier molecular flexibility index (Phi) is 4.08. The summed E-state index contributed by atoms with van der Waals surface area (Å²) >= 11 is 0. The second kappa shape index (κ2) is 4.95. The third-order valence-corrected chi connectivity index (χ3v) is 3.06. The molecule has 1 unspecified atom stereocenters. The Hall–Kier alpha value is -0.900. The van der Waals surface area contributed by atoms with Crippen molar-refractivity contribution in [1.82, 2.24) is 4.90 Å². The van der Waals surface area contributed by atoms with E-state index in [-0.39, 0.29) is 23.3 Å².